The SMILES string of the molecule is CC(C(=O)O)c1ccccc1.Cl.Cl. The molecule has 0 bridgehead atoms. The summed E-state index contributed by atoms with van der Waals surface area (Å²) in [4.78, 5) is 10.5. The molecule has 4 heteroatoms. The summed E-state index contributed by atoms with van der Waals surface area (Å²) in [6.45, 7) is 1.68. The lowest BCUT2D eigenvalue weighted by Gasteiger charge is -2.04. The molecular weight excluding hydrogens is 211 g/mol. The average Bonchev–Trinajstić information content (AvgIpc) is 2.05. The molecule has 0 aliphatic carbocycles. The topological polar surface area (TPSA) is 37.3 Å². The van der Waals surface area contributed by atoms with Crippen LogP contribution in [0.15, 0.2) is 30.3 Å². The van der Waals surface area contributed by atoms with Gasteiger partial charge in [0.25, 0.3) is 0 Å². The van der Waals surface area contributed by atoms with Gasteiger partial charge in [-0.2, -0.15) is 0 Å². The molecule has 0 radical (unpaired) electrons. The molecule has 13 heavy (non-hydrogen) atoms. The molecule has 1 aromatic carbocycles. The van der Waals surface area contributed by atoms with Crippen molar-refractivity contribution in [2.24, 2.45) is 0 Å². The van der Waals surface area contributed by atoms with Gasteiger partial charge in [0.2, 0.25) is 0 Å². The van der Waals surface area contributed by atoms with Crippen molar-refractivity contribution in [3.8, 4) is 0 Å². The summed E-state index contributed by atoms with van der Waals surface area (Å²) in [6.07, 6.45) is 0. The van der Waals surface area contributed by atoms with E-state index >= 15 is 0 Å². The quantitative estimate of drug-likeness (QED) is 0.836. The van der Waals surface area contributed by atoms with E-state index in [9.17, 15) is 4.79 Å². The van der Waals surface area contributed by atoms with Crippen LogP contribution >= 0.6 is 24.8 Å². The first-order valence-corrected chi connectivity index (χ1v) is 3.49. The largest absolute Gasteiger partial charge is 0.481 e. The lowest BCUT2D eigenvalue weighted by atomic mass is 10.0. The standard InChI is InChI=1S/C9H10O2.2ClH/c1-7(9(10)11)8-5-3-2-4-6-8;;/h2-7H,1H3,(H,10,11);2*1H. The minimum Gasteiger partial charge on any atom is -0.481 e. The van der Waals surface area contributed by atoms with Gasteiger partial charge >= 0.3 is 5.97 Å². The lowest BCUT2D eigenvalue weighted by Crippen LogP contribution is -2.06. The number of hydrogen-bond donors (Lipinski definition) is 1. The summed E-state index contributed by atoms with van der Waals surface area (Å²) in [7, 11) is 0. The third-order valence-corrected chi connectivity index (χ3v) is 1.67. The molecule has 1 atom stereocenters. The fourth-order valence-electron chi connectivity index (χ4n) is 0.884. The highest BCUT2D eigenvalue weighted by atomic mass is 35.5. The molecule has 0 aromatic heterocycles. The second kappa shape index (κ2) is 6.75. The fourth-order valence-corrected chi connectivity index (χ4v) is 0.884. The number of aliphatic carboxylic acids is 1. The Labute approximate surface area is 89.8 Å². The van der Waals surface area contributed by atoms with Crippen molar-refractivity contribution in [2.45, 2.75) is 12.8 Å². The molecule has 1 unspecified atom stereocenters. The Bertz CT molecular complexity index is 249. The zero-order valence-electron chi connectivity index (χ0n) is 7.14. The first kappa shape index (κ1) is 14.8. The number of hydrogen-bond acceptors (Lipinski definition) is 1. The van der Waals surface area contributed by atoms with Crippen LogP contribution in [0.3, 0.4) is 0 Å². The number of benzene rings is 1. The van der Waals surface area contributed by atoms with Crippen LogP contribution in [-0.2, 0) is 4.79 Å². The number of carboxylic acids is 1. The molecule has 2 nitrogen and oxygen atoms in total. The lowest BCUT2D eigenvalue weighted by molar-refractivity contribution is -0.138. The summed E-state index contributed by atoms with van der Waals surface area (Å²) in [5, 5.41) is 8.64. The number of rotatable bonds is 2. The van der Waals surface area contributed by atoms with Gasteiger partial charge in [-0.3, -0.25) is 4.79 Å². The van der Waals surface area contributed by atoms with E-state index < -0.39 is 11.9 Å². The fraction of sp³-hybridized carbons (Fsp3) is 0.222. The molecule has 0 fully saturated rings. The van der Waals surface area contributed by atoms with Gasteiger partial charge in [0.05, 0.1) is 5.92 Å². The van der Waals surface area contributed by atoms with Crippen LogP contribution in [0, 0.1) is 0 Å². The molecule has 0 amide bonds. The van der Waals surface area contributed by atoms with Crippen LogP contribution in [-0.4, -0.2) is 11.1 Å². The van der Waals surface area contributed by atoms with Crippen molar-refractivity contribution in [1.82, 2.24) is 0 Å². The van der Waals surface area contributed by atoms with E-state index in [4.69, 9.17) is 5.11 Å². The maximum Gasteiger partial charge on any atom is 0.310 e. The zero-order chi connectivity index (χ0) is 8.27. The van der Waals surface area contributed by atoms with Crippen LogP contribution in [0.1, 0.15) is 18.4 Å². The molecule has 0 saturated carbocycles. The zero-order valence-corrected chi connectivity index (χ0v) is 8.77. The van der Waals surface area contributed by atoms with E-state index in [1.54, 1.807) is 6.92 Å². The Morgan fingerprint density at radius 2 is 1.69 bits per heavy atom. The number of carboxylic acid groups (broad SMARTS) is 1. The van der Waals surface area contributed by atoms with Crippen molar-refractivity contribution in [1.29, 1.82) is 0 Å². The van der Waals surface area contributed by atoms with Crippen LogP contribution < -0.4 is 0 Å². The van der Waals surface area contributed by atoms with Gasteiger partial charge in [0, 0.05) is 0 Å². The number of halogens is 2. The molecular formula is C9H12Cl2O2. The average molecular weight is 223 g/mol. The molecule has 0 heterocycles. The Morgan fingerprint density at radius 3 is 2.08 bits per heavy atom. The van der Waals surface area contributed by atoms with Gasteiger partial charge in [-0.25, -0.2) is 0 Å². The van der Waals surface area contributed by atoms with Gasteiger partial charge in [0.1, 0.15) is 0 Å². The van der Waals surface area contributed by atoms with Crippen molar-refractivity contribution >= 4 is 30.8 Å². The minimum atomic E-state index is -0.781. The van der Waals surface area contributed by atoms with Gasteiger partial charge in [-0.15, -0.1) is 24.8 Å². The van der Waals surface area contributed by atoms with Crippen molar-refractivity contribution < 1.29 is 9.90 Å². The van der Waals surface area contributed by atoms with Crippen LogP contribution in [0.5, 0.6) is 0 Å². The second-order valence-corrected chi connectivity index (χ2v) is 2.47. The van der Waals surface area contributed by atoms with E-state index in [1.807, 2.05) is 30.3 Å². The van der Waals surface area contributed by atoms with Crippen molar-refractivity contribution in [3.63, 3.8) is 0 Å². The molecule has 1 rings (SSSR count). The smallest absolute Gasteiger partial charge is 0.310 e. The Morgan fingerprint density at radius 1 is 1.23 bits per heavy atom. The highest BCUT2D eigenvalue weighted by molar-refractivity contribution is 5.85. The Hall–Kier alpha value is -0.730. The third kappa shape index (κ3) is 4.15. The Balaban J connectivity index is 0. The van der Waals surface area contributed by atoms with E-state index in [0.717, 1.165) is 5.56 Å². The monoisotopic (exact) mass is 222 g/mol. The molecule has 1 aromatic rings. The van der Waals surface area contributed by atoms with Gasteiger partial charge < -0.3 is 5.11 Å². The molecule has 0 aliphatic rings. The molecule has 1 N–H and O–H groups in total. The summed E-state index contributed by atoms with van der Waals surface area (Å²) in [5.74, 6) is -1.19. The van der Waals surface area contributed by atoms with Gasteiger partial charge in [0.15, 0.2) is 0 Å². The first-order valence-electron chi connectivity index (χ1n) is 3.49. The summed E-state index contributed by atoms with van der Waals surface area (Å²) >= 11 is 0. The van der Waals surface area contributed by atoms with Gasteiger partial charge in [-0.05, 0) is 12.5 Å². The Kier molecular flexibility index (Phi) is 7.67. The van der Waals surface area contributed by atoms with Crippen molar-refractivity contribution in [2.75, 3.05) is 0 Å². The highest BCUT2D eigenvalue weighted by Gasteiger charge is 2.11. The summed E-state index contributed by atoms with van der Waals surface area (Å²) in [6, 6.07) is 9.19. The number of carbonyl (C=O) groups is 1. The molecule has 0 saturated heterocycles. The van der Waals surface area contributed by atoms with Crippen molar-refractivity contribution in [3.05, 3.63) is 35.9 Å². The summed E-state index contributed by atoms with van der Waals surface area (Å²) in [5.41, 5.74) is 0.847. The van der Waals surface area contributed by atoms with Crippen LogP contribution in [0.25, 0.3) is 0 Å². The molecule has 74 valence electrons. The predicted molar refractivity (Wildman–Crippen MR) is 57.0 cm³/mol. The van der Waals surface area contributed by atoms with E-state index in [-0.39, 0.29) is 24.8 Å². The third-order valence-electron chi connectivity index (χ3n) is 1.67. The maximum absolute atomic E-state index is 10.5. The predicted octanol–water partition coefficient (Wildman–Crippen LogP) is 2.72. The minimum absolute atomic E-state index is 0. The maximum atomic E-state index is 10.5. The van der Waals surface area contributed by atoms with E-state index in [0.29, 0.717) is 0 Å². The van der Waals surface area contributed by atoms with Gasteiger partial charge in [-0.1, -0.05) is 30.3 Å². The first-order chi connectivity index (χ1) is 5.22. The van der Waals surface area contributed by atoms with E-state index in [2.05, 4.69) is 0 Å². The van der Waals surface area contributed by atoms with E-state index in [1.165, 1.54) is 0 Å². The molecule has 0 aliphatic heterocycles. The highest BCUT2D eigenvalue weighted by Crippen LogP contribution is 2.13. The second-order valence-electron chi connectivity index (χ2n) is 2.47. The van der Waals surface area contributed by atoms with Crippen LogP contribution in [0.4, 0.5) is 0 Å². The molecule has 0 spiro atoms. The summed E-state index contributed by atoms with van der Waals surface area (Å²) < 4.78 is 0. The normalized spacial score (nSPS) is 10.5. The van der Waals surface area contributed by atoms with Crippen LogP contribution in [0.2, 0.25) is 0 Å².